The molecule has 0 spiro atoms. The summed E-state index contributed by atoms with van der Waals surface area (Å²) in [5.74, 6) is -1.28. The number of benzene rings is 3. The Morgan fingerprint density at radius 1 is 0.933 bits per heavy atom. The normalized spacial score (nSPS) is 10.7. The van der Waals surface area contributed by atoms with Crippen molar-refractivity contribution in [3.8, 4) is 11.3 Å². The summed E-state index contributed by atoms with van der Waals surface area (Å²) in [6.45, 7) is -0.377. The molecule has 0 aliphatic rings. The monoisotopic (exact) mass is 463 g/mol. The molecule has 0 fully saturated rings. The van der Waals surface area contributed by atoms with E-state index in [1.54, 1.807) is 54.6 Å². The average Bonchev–Trinajstić information content (AvgIpc) is 2.77. The molecule has 0 bridgehead atoms. The molecule has 0 N–H and O–H groups in total. The highest BCUT2D eigenvalue weighted by Crippen LogP contribution is 2.26. The van der Waals surface area contributed by atoms with Crippen molar-refractivity contribution in [2.75, 3.05) is 6.61 Å². The van der Waals surface area contributed by atoms with E-state index in [1.807, 2.05) is 12.1 Å². The van der Waals surface area contributed by atoms with Crippen LogP contribution in [0.2, 0.25) is 0 Å². The lowest BCUT2D eigenvalue weighted by molar-refractivity contribution is 0.0476. The van der Waals surface area contributed by atoms with E-state index >= 15 is 0 Å². The third kappa shape index (κ3) is 4.28. The number of ether oxygens (including phenoxy) is 1. The molecule has 1 heterocycles. The van der Waals surface area contributed by atoms with Crippen molar-refractivity contribution in [3.05, 3.63) is 100 Å². The number of ketones is 1. The molecule has 0 atom stereocenters. The van der Waals surface area contributed by atoms with Crippen LogP contribution in [0.4, 0.5) is 4.39 Å². The van der Waals surface area contributed by atoms with Crippen LogP contribution >= 0.6 is 15.9 Å². The highest BCUT2D eigenvalue weighted by atomic mass is 79.9. The minimum absolute atomic E-state index is 0.293. The molecule has 0 aliphatic carbocycles. The van der Waals surface area contributed by atoms with Crippen molar-refractivity contribution in [3.63, 3.8) is 0 Å². The predicted octanol–water partition coefficient (Wildman–Crippen LogP) is 5.84. The molecule has 6 heteroatoms. The highest BCUT2D eigenvalue weighted by Gasteiger charge is 2.17. The van der Waals surface area contributed by atoms with Crippen LogP contribution < -0.4 is 0 Å². The van der Waals surface area contributed by atoms with Gasteiger partial charge < -0.3 is 4.74 Å². The SMILES string of the molecule is O=C(COC(=O)c1cc(-c2ccc(F)cc2)nc2ccccc12)c1cccc(Br)c1. The van der Waals surface area contributed by atoms with Gasteiger partial charge in [-0.3, -0.25) is 4.79 Å². The lowest BCUT2D eigenvalue weighted by Crippen LogP contribution is -2.15. The third-order valence-electron chi connectivity index (χ3n) is 4.56. The molecule has 4 rings (SSSR count). The highest BCUT2D eigenvalue weighted by molar-refractivity contribution is 9.10. The molecular weight excluding hydrogens is 449 g/mol. The van der Waals surface area contributed by atoms with Crippen LogP contribution in [0.1, 0.15) is 20.7 Å². The Morgan fingerprint density at radius 2 is 1.70 bits per heavy atom. The van der Waals surface area contributed by atoms with Gasteiger partial charge >= 0.3 is 5.97 Å². The van der Waals surface area contributed by atoms with Gasteiger partial charge in [-0.1, -0.05) is 46.3 Å². The lowest BCUT2D eigenvalue weighted by Gasteiger charge is -2.10. The van der Waals surface area contributed by atoms with Crippen molar-refractivity contribution in [2.24, 2.45) is 0 Å². The van der Waals surface area contributed by atoms with Gasteiger partial charge in [0.05, 0.1) is 16.8 Å². The van der Waals surface area contributed by atoms with Gasteiger partial charge in [-0.05, 0) is 48.5 Å². The summed E-state index contributed by atoms with van der Waals surface area (Å²) < 4.78 is 19.4. The topological polar surface area (TPSA) is 56.3 Å². The summed E-state index contributed by atoms with van der Waals surface area (Å²) in [6.07, 6.45) is 0. The summed E-state index contributed by atoms with van der Waals surface area (Å²) in [5, 5.41) is 0.614. The van der Waals surface area contributed by atoms with Gasteiger partial charge in [0.2, 0.25) is 0 Å². The van der Waals surface area contributed by atoms with Crippen LogP contribution in [0.3, 0.4) is 0 Å². The largest absolute Gasteiger partial charge is 0.454 e. The Hall–Kier alpha value is -3.38. The zero-order chi connectivity index (χ0) is 21.1. The number of pyridine rings is 1. The van der Waals surface area contributed by atoms with Crippen LogP contribution in [-0.2, 0) is 4.74 Å². The summed E-state index contributed by atoms with van der Waals surface area (Å²) in [6, 6.07) is 21.5. The molecular formula is C24H15BrFNO3. The number of hydrogen-bond donors (Lipinski definition) is 0. The number of carbonyl (C=O) groups is 2. The average molecular weight is 464 g/mol. The van der Waals surface area contributed by atoms with Gasteiger partial charge in [-0.15, -0.1) is 0 Å². The van der Waals surface area contributed by atoms with Crippen molar-refractivity contribution in [1.29, 1.82) is 0 Å². The van der Waals surface area contributed by atoms with E-state index in [-0.39, 0.29) is 18.2 Å². The number of halogens is 2. The van der Waals surface area contributed by atoms with Gasteiger partial charge in [0.1, 0.15) is 5.82 Å². The van der Waals surface area contributed by atoms with Gasteiger partial charge in [0, 0.05) is 21.0 Å². The Balaban J connectivity index is 1.64. The van der Waals surface area contributed by atoms with E-state index in [9.17, 15) is 14.0 Å². The first kappa shape index (κ1) is 19.9. The molecule has 4 nitrogen and oxygen atoms in total. The maximum absolute atomic E-state index is 13.3. The number of nitrogens with zero attached hydrogens (tertiary/aromatic N) is 1. The molecule has 3 aromatic carbocycles. The Labute approximate surface area is 180 Å². The van der Waals surface area contributed by atoms with Gasteiger partial charge in [0.25, 0.3) is 0 Å². The summed E-state index contributed by atoms with van der Waals surface area (Å²) >= 11 is 3.32. The van der Waals surface area contributed by atoms with E-state index in [0.29, 0.717) is 33.3 Å². The second-order valence-electron chi connectivity index (χ2n) is 6.59. The number of carbonyl (C=O) groups excluding carboxylic acids is 2. The van der Waals surface area contributed by atoms with Crippen molar-refractivity contribution < 1.29 is 18.7 Å². The Kier molecular flexibility index (Phi) is 5.68. The Morgan fingerprint density at radius 3 is 2.47 bits per heavy atom. The van der Waals surface area contributed by atoms with Gasteiger partial charge in [0.15, 0.2) is 12.4 Å². The quantitative estimate of drug-likeness (QED) is 0.275. The van der Waals surface area contributed by atoms with E-state index in [0.717, 1.165) is 4.47 Å². The molecule has 0 radical (unpaired) electrons. The molecule has 0 unspecified atom stereocenters. The summed E-state index contributed by atoms with van der Waals surface area (Å²) in [7, 11) is 0. The second kappa shape index (κ2) is 8.55. The number of hydrogen-bond acceptors (Lipinski definition) is 4. The number of fused-ring (bicyclic) bond motifs is 1. The molecule has 30 heavy (non-hydrogen) atoms. The van der Waals surface area contributed by atoms with Crippen LogP contribution in [0.15, 0.2) is 83.3 Å². The van der Waals surface area contributed by atoms with Crippen LogP contribution in [-0.4, -0.2) is 23.3 Å². The number of rotatable bonds is 5. The molecule has 1 aromatic heterocycles. The minimum atomic E-state index is -0.625. The van der Waals surface area contributed by atoms with Crippen LogP contribution in [0, 0.1) is 5.82 Å². The third-order valence-corrected chi connectivity index (χ3v) is 5.05. The summed E-state index contributed by atoms with van der Waals surface area (Å²) in [5.41, 5.74) is 2.52. The van der Waals surface area contributed by atoms with Crippen molar-refractivity contribution >= 4 is 38.6 Å². The van der Waals surface area contributed by atoms with Crippen molar-refractivity contribution in [1.82, 2.24) is 4.98 Å². The second-order valence-corrected chi connectivity index (χ2v) is 7.50. The molecule has 0 amide bonds. The van der Waals surface area contributed by atoms with E-state index < -0.39 is 5.97 Å². The number of aromatic nitrogens is 1. The van der Waals surface area contributed by atoms with E-state index in [4.69, 9.17) is 4.74 Å². The molecule has 0 saturated heterocycles. The fraction of sp³-hybridized carbons (Fsp3) is 0.0417. The predicted molar refractivity (Wildman–Crippen MR) is 116 cm³/mol. The zero-order valence-corrected chi connectivity index (χ0v) is 17.2. The molecule has 4 aromatic rings. The molecule has 0 saturated carbocycles. The maximum atomic E-state index is 13.3. The lowest BCUT2D eigenvalue weighted by atomic mass is 10.0. The van der Waals surface area contributed by atoms with Gasteiger partial charge in [-0.2, -0.15) is 0 Å². The first-order valence-corrected chi connectivity index (χ1v) is 9.92. The fourth-order valence-electron chi connectivity index (χ4n) is 3.07. The first-order chi connectivity index (χ1) is 14.5. The molecule has 148 valence electrons. The van der Waals surface area contributed by atoms with E-state index in [1.165, 1.54) is 12.1 Å². The van der Waals surface area contributed by atoms with Crippen LogP contribution in [0.5, 0.6) is 0 Å². The minimum Gasteiger partial charge on any atom is -0.454 e. The smallest absolute Gasteiger partial charge is 0.339 e. The number of para-hydroxylation sites is 1. The van der Waals surface area contributed by atoms with Crippen molar-refractivity contribution in [2.45, 2.75) is 0 Å². The standard InChI is InChI=1S/C24H15BrFNO3/c25-17-5-3-4-16(12-17)23(28)14-30-24(29)20-13-22(15-8-10-18(26)11-9-15)27-21-7-2-1-6-19(20)21/h1-13H,14H2. The number of esters is 1. The fourth-order valence-corrected chi connectivity index (χ4v) is 3.47. The van der Waals surface area contributed by atoms with Crippen LogP contribution in [0.25, 0.3) is 22.2 Å². The number of Topliss-reactive ketones (excluding diaryl/α,β-unsaturated/α-hetero) is 1. The molecule has 0 aliphatic heterocycles. The maximum Gasteiger partial charge on any atom is 0.339 e. The zero-order valence-electron chi connectivity index (χ0n) is 15.6. The van der Waals surface area contributed by atoms with Gasteiger partial charge in [-0.25, -0.2) is 14.2 Å². The Bertz CT molecular complexity index is 1260. The van der Waals surface area contributed by atoms with E-state index in [2.05, 4.69) is 20.9 Å². The summed E-state index contributed by atoms with van der Waals surface area (Å²) in [4.78, 5) is 29.8. The first-order valence-electron chi connectivity index (χ1n) is 9.13.